The van der Waals surface area contributed by atoms with Gasteiger partial charge in [0.1, 0.15) is 0 Å². The van der Waals surface area contributed by atoms with Crippen molar-refractivity contribution in [1.82, 2.24) is 0 Å². The maximum absolute atomic E-state index is 11.9. The zero-order chi connectivity index (χ0) is 14.5. The molecule has 5 heteroatoms. The number of nitrogens with two attached hydrogens (primary N) is 2. The third-order valence-electron chi connectivity index (χ3n) is 3.06. The number of carbonyl (C=O) groups is 2. The molecular weight excluding hydrogens is 254 g/mol. The van der Waals surface area contributed by atoms with Crippen LogP contribution in [0.3, 0.4) is 0 Å². The highest BCUT2D eigenvalue weighted by molar-refractivity contribution is 5.97. The standard InChI is InChI=1S/C15H17N3O2/c16-13(7-8-14(17)19)15(20)18-12-6-5-10-3-1-2-4-11(10)9-12/h1-6,9,13H,7-8,16H2,(H2,17,19)(H,18,20)/t13-/m0/s1. The van der Waals surface area contributed by atoms with Gasteiger partial charge in [0, 0.05) is 12.1 Å². The van der Waals surface area contributed by atoms with E-state index in [9.17, 15) is 9.59 Å². The number of fused-ring (bicyclic) bond motifs is 1. The van der Waals surface area contributed by atoms with E-state index in [-0.39, 0.29) is 18.7 Å². The smallest absolute Gasteiger partial charge is 0.241 e. The van der Waals surface area contributed by atoms with E-state index < -0.39 is 11.9 Å². The van der Waals surface area contributed by atoms with Crippen molar-refractivity contribution in [2.45, 2.75) is 18.9 Å². The van der Waals surface area contributed by atoms with Crippen LogP contribution >= 0.6 is 0 Å². The fourth-order valence-corrected chi connectivity index (χ4v) is 1.93. The number of rotatable bonds is 5. The molecule has 5 nitrogen and oxygen atoms in total. The SMILES string of the molecule is NC(=O)CC[C@H](N)C(=O)Nc1ccc2ccccc2c1. The number of hydrogen-bond acceptors (Lipinski definition) is 3. The molecule has 2 aromatic carbocycles. The van der Waals surface area contributed by atoms with E-state index in [0.717, 1.165) is 10.8 Å². The molecule has 0 aliphatic rings. The molecule has 0 aromatic heterocycles. The van der Waals surface area contributed by atoms with Gasteiger partial charge in [-0.05, 0) is 29.3 Å². The summed E-state index contributed by atoms with van der Waals surface area (Å²) in [6.07, 6.45) is 0.348. The minimum atomic E-state index is -0.742. The number of benzene rings is 2. The lowest BCUT2D eigenvalue weighted by molar-refractivity contribution is -0.119. The lowest BCUT2D eigenvalue weighted by atomic mass is 10.1. The zero-order valence-corrected chi connectivity index (χ0v) is 11.0. The number of carbonyl (C=O) groups excluding carboxylic acids is 2. The minimum Gasteiger partial charge on any atom is -0.370 e. The van der Waals surface area contributed by atoms with Gasteiger partial charge in [0.15, 0.2) is 0 Å². The summed E-state index contributed by atoms with van der Waals surface area (Å²) in [6.45, 7) is 0. The molecule has 1 atom stereocenters. The van der Waals surface area contributed by atoms with Crippen LogP contribution in [0, 0.1) is 0 Å². The van der Waals surface area contributed by atoms with Crippen molar-refractivity contribution in [3.63, 3.8) is 0 Å². The fourth-order valence-electron chi connectivity index (χ4n) is 1.93. The first kappa shape index (κ1) is 14.0. The molecule has 0 bridgehead atoms. The van der Waals surface area contributed by atoms with Crippen LogP contribution in [-0.2, 0) is 9.59 Å². The molecule has 0 fully saturated rings. The van der Waals surface area contributed by atoms with Gasteiger partial charge in [-0.2, -0.15) is 0 Å². The number of anilines is 1. The minimum absolute atomic E-state index is 0.103. The van der Waals surface area contributed by atoms with E-state index in [4.69, 9.17) is 11.5 Å². The Bertz CT molecular complexity index is 640. The molecule has 0 radical (unpaired) electrons. The molecule has 104 valence electrons. The van der Waals surface area contributed by atoms with Gasteiger partial charge in [-0.15, -0.1) is 0 Å². The van der Waals surface area contributed by atoms with Crippen LogP contribution in [0.5, 0.6) is 0 Å². The highest BCUT2D eigenvalue weighted by atomic mass is 16.2. The van der Waals surface area contributed by atoms with Gasteiger partial charge in [-0.25, -0.2) is 0 Å². The summed E-state index contributed by atoms with van der Waals surface area (Å²) >= 11 is 0. The predicted molar refractivity (Wildman–Crippen MR) is 79.0 cm³/mol. The normalized spacial score (nSPS) is 12.1. The number of hydrogen-bond donors (Lipinski definition) is 3. The van der Waals surface area contributed by atoms with Gasteiger partial charge in [-0.1, -0.05) is 30.3 Å². The maximum atomic E-state index is 11.9. The Balaban J connectivity index is 2.03. The van der Waals surface area contributed by atoms with Gasteiger partial charge in [0.05, 0.1) is 6.04 Å². The first-order valence-electron chi connectivity index (χ1n) is 6.40. The summed E-state index contributed by atoms with van der Waals surface area (Å²) in [6, 6.07) is 12.8. The lowest BCUT2D eigenvalue weighted by Crippen LogP contribution is -2.36. The summed E-state index contributed by atoms with van der Waals surface area (Å²) in [5.41, 5.74) is 11.4. The van der Waals surface area contributed by atoms with E-state index in [1.165, 1.54) is 0 Å². The van der Waals surface area contributed by atoms with E-state index in [2.05, 4.69) is 5.32 Å². The molecule has 2 rings (SSSR count). The zero-order valence-electron chi connectivity index (χ0n) is 11.0. The third-order valence-corrected chi connectivity index (χ3v) is 3.06. The molecule has 2 amide bonds. The second-order valence-corrected chi connectivity index (χ2v) is 4.66. The Morgan fingerprint density at radius 2 is 1.80 bits per heavy atom. The van der Waals surface area contributed by atoms with Crippen LogP contribution in [0.15, 0.2) is 42.5 Å². The quantitative estimate of drug-likeness (QED) is 0.766. The largest absolute Gasteiger partial charge is 0.370 e. The van der Waals surface area contributed by atoms with Crippen LogP contribution in [0.25, 0.3) is 10.8 Å². The molecule has 0 aliphatic carbocycles. The van der Waals surface area contributed by atoms with Crippen LogP contribution in [-0.4, -0.2) is 17.9 Å². The Morgan fingerprint density at radius 3 is 2.50 bits per heavy atom. The van der Waals surface area contributed by atoms with Crippen molar-refractivity contribution < 1.29 is 9.59 Å². The highest BCUT2D eigenvalue weighted by Gasteiger charge is 2.14. The van der Waals surface area contributed by atoms with Gasteiger partial charge in [0.2, 0.25) is 11.8 Å². The molecule has 5 N–H and O–H groups in total. The molecule has 2 aromatic rings. The first-order chi connectivity index (χ1) is 9.56. The molecule has 0 heterocycles. The average Bonchev–Trinajstić information content (AvgIpc) is 2.44. The van der Waals surface area contributed by atoms with Gasteiger partial charge in [0.25, 0.3) is 0 Å². The molecule has 0 saturated heterocycles. The summed E-state index contributed by atoms with van der Waals surface area (Å²) in [5.74, 6) is -0.777. The number of nitrogens with one attached hydrogen (secondary N) is 1. The van der Waals surface area contributed by atoms with Gasteiger partial charge >= 0.3 is 0 Å². The predicted octanol–water partition coefficient (Wildman–Crippen LogP) is 1.37. The summed E-state index contributed by atoms with van der Waals surface area (Å²) in [4.78, 5) is 22.5. The molecular formula is C15H17N3O2. The Hall–Kier alpha value is -2.40. The van der Waals surface area contributed by atoms with E-state index in [0.29, 0.717) is 5.69 Å². The van der Waals surface area contributed by atoms with Crippen LogP contribution < -0.4 is 16.8 Å². The van der Waals surface area contributed by atoms with Gasteiger partial charge in [-0.3, -0.25) is 9.59 Å². The first-order valence-corrected chi connectivity index (χ1v) is 6.40. The maximum Gasteiger partial charge on any atom is 0.241 e. The van der Waals surface area contributed by atoms with Crippen LogP contribution in [0.4, 0.5) is 5.69 Å². The fraction of sp³-hybridized carbons (Fsp3) is 0.200. The second-order valence-electron chi connectivity index (χ2n) is 4.66. The summed E-state index contributed by atoms with van der Waals surface area (Å²) in [5, 5.41) is 4.88. The van der Waals surface area contributed by atoms with Crippen molar-refractivity contribution in [2.75, 3.05) is 5.32 Å². The Kier molecular flexibility index (Phi) is 4.32. The Morgan fingerprint density at radius 1 is 1.10 bits per heavy atom. The van der Waals surface area contributed by atoms with Crippen molar-refractivity contribution in [3.8, 4) is 0 Å². The molecule has 0 aliphatic heterocycles. The topological polar surface area (TPSA) is 98.2 Å². The van der Waals surface area contributed by atoms with E-state index in [1.807, 2.05) is 42.5 Å². The molecule has 0 saturated carbocycles. The highest BCUT2D eigenvalue weighted by Crippen LogP contribution is 2.19. The third kappa shape index (κ3) is 3.55. The van der Waals surface area contributed by atoms with Crippen LogP contribution in [0.2, 0.25) is 0 Å². The monoisotopic (exact) mass is 271 g/mol. The number of primary amides is 1. The van der Waals surface area contributed by atoms with E-state index in [1.54, 1.807) is 0 Å². The van der Waals surface area contributed by atoms with Crippen molar-refractivity contribution in [3.05, 3.63) is 42.5 Å². The Labute approximate surface area is 116 Å². The lowest BCUT2D eigenvalue weighted by Gasteiger charge is -2.12. The van der Waals surface area contributed by atoms with Crippen molar-refractivity contribution in [2.24, 2.45) is 11.5 Å². The average molecular weight is 271 g/mol. The summed E-state index contributed by atoms with van der Waals surface area (Å²) in [7, 11) is 0. The second kappa shape index (κ2) is 6.16. The molecule has 20 heavy (non-hydrogen) atoms. The van der Waals surface area contributed by atoms with Crippen molar-refractivity contribution >= 4 is 28.3 Å². The van der Waals surface area contributed by atoms with Gasteiger partial charge < -0.3 is 16.8 Å². The molecule has 0 unspecified atom stereocenters. The van der Waals surface area contributed by atoms with E-state index >= 15 is 0 Å². The van der Waals surface area contributed by atoms with Crippen molar-refractivity contribution in [1.29, 1.82) is 0 Å². The number of amides is 2. The van der Waals surface area contributed by atoms with Crippen LogP contribution in [0.1, 0.15) is 12.8 Å². The molecule has 0 spiro atoms. The summed E-state index contributed by atoms with van der Waals surface area (Å²) < 4.78 is 0.